The Morgan fingerprint density at radius 1 is 0.565 bits per heavy atom. The van der Waals surface area contributed by atoms with Crippen molar-refractivity contribution < 1.29 is 32.9 Å². The number of nitrogens with zero attached hydrogens (tertiary/aromatic N) is 1. The second kappa shape index (κ2) is 42.9. The highest BCUT2D eigenvalue weighted by Crippen LogP contribution is 2.43. The summed E-state index contributed by atoms with van der Waals surface area (Å²) in [6.07, 6.45) is 65.4. The van der Waals surface area contributed by atoms with Gasteiger partial charge in [0.1, 0.15) is 13.2 Å². The van der Waals surface area contributed by atoms with Crippen LogP contribution < -0.4 is 5.32 Å². The highest BCUT2D eigenvalue weighted by Gasteiger charge is 2.27. The Bertz CT molecular complexity index is 1460. The van der Waals surface area contributed by atoms with Gasteiger partial charge in [-0.2, -0.15) is 0 Å². The Kier molecular flexibility index (Phi) is 40.6. The number of carbonyl (C=O) groups is 1. The lowest BCUT2D eigenvalue weighted by molar-refractivity contribution is -0.870. The van der Waals surface area contributed by atoms with E-state index in [1.165, 1.54) is 19.3 Å². The number of allylic oxidation sites excluding steroid dienone is 21. The summed E-state index contributed by atoms with van der Waals surface area (Å²) in [5.74, 6) is -0.242. The van der Waals surface area contributed by atoms with Gasteiger partial charge in [-0.15, -0.1) is 0 Å². The van der Waals surface area contributed by atoms with Crippen molar-refractivity contribution in [2.75, 3.05) is 40.9 Å². The minimum atomic E-state index is -4.37. The Balaban J connectivity index is 4.50. The zero-order valence-electron chi connectivity index (χ0n) is 39.5. The maximum atomic E-state index is 12.9. The Morgan fingerprint density at radius 2 is 0.968 bits per heavy atom. The van der Waals surface area contributed by atoms with Crippen LogP contribution in [0.15, 0.2) is 134 Å². The second-order valence-corrected chi connectivity index (χ2v) is 17.8. The average Bonchev–Trinajstić information content (AvgIpc) is 3.23. The summed E-state index contributed by atoms with van der Waals surface area (Å²) in [6.45, 7) is 4.56. The molecular formula is C53H88N2O6P+. The molecule has 0 aromatic rings. The Morgan fingerprint density at radius 3 is 1.42 bits per heavy atom. The Hall–Kier alpha value is -3.36. The smallest absolute Gasteiger partial charge is 0.387 e. The third-order valence-corrected chi connectivity index (χ3v) is 10.3. The van der Waals surface area contributed by atoms with E-state index >= 15 is 0 Å². The molecule has 0 aliphatic rings. The number of hydrogen-bond acceptors (Lipinski definition) is 5. The average molecular weight is 880 g/mol. The minimum absolute atomic E-state index is 0.0363. The van der Waals surface area contributed by atoms with Gasteiger partial charge < -0.3 is 19.8 Å². The zero-order chi connectivity index (χ0) is 45.7. The summed E-state index contributed by atoms with van der Waals surface area (Å²) in [7, 11) is 1.49. The van der Waals surface area contributed by atoms with Crippen LogP contribution in [0, 0.1) is 0 Å². The van der Waals surface area contributed by atoms with Crippen molar-refractivity contribution in [2.24, 2.45) is 0 Å². The van der Waals surface area contributed by atoms with E-state index in [4.69, 9.17) is 9.05 Å². The fourth-order valence-electron chi connectivity index (χ4n) is 5.61. The van der Waals surface area contributed by atoms with Gasteiger partial charge >= 0.3 is 7.82 Å². The fourth-order valence-corrected chi connectivity index (χ4v) is 6.35. The molecule has 3 atom stereocenters. The van der Waals surface area contributed by atoms with Crippen molar-refractivity contribution in [3.05, 3.63) is 134 Å². The number of quaternary nitrogens is 1. The summed E-state index contributed by atoms with van der Waals surface area (Å²) in [6, 6.07) is -0.902. The van der Waals surface area contributed by atoms with Crippen LogP contribution in [0.2, 0.25) is 0 Å². The number of unbranched alkanes of at least 4 members (excludes halogenated alkanes) is 7. The van der Waals surface area contributed by atoms with E-state index in [2.05, 4.69) is 141 Å². The maximum absolute atomic E-state index is 12.9. The zero-order valence-corrected chi connectivity index (χ0v) is 40.4. The number of likely N-dealkylation sites (N-methyl/N-ethyl adjacent to an activating group) is 1. The van der Waals surface area contributed by atoms with Crippen LogP contribution in [0.4, 0.5) is 0 Å². The first-order chi connectivity index (χ1) is 30.0. The van der Waals surface area contributed by atoms with Crippen molar-refractivity contribution in [1.29, 1.82) is 0 Å². The first-order valence-electron chi connectivity index (χ1n) is 23.6. The van der Waals surface area contributed by atoms with Gasteiger partial charge in [0.15, 0.2) is 0 Å². The number of amides is 1. The van der Waals surface area contributed by atoms with Crippen molar-refractivity contribution in [3.63, 3.8) is 0 Å². The molecule has 8 nitrogen and oxygen atoms in total. The van der Waals surface area contributed by atoms with Gasteiger partial charge in [-0.05, 0) is 109 Å². The molecule has 0 saturated carbocycles. The second-order valence-electron chi connectivity index (χ2n) is 16.4. The third-order valence-electron chi connectivity index (χ3n) is 9.33. The van der Waals surface area contributed by atoms with Gasteiger partial charge in [0.2, 0.25) is 5.91 Å². The first-order valence-corrected chi connectivity index (χ1v) is 25.1. The standard InChI is InChI=1S/C53H87N2O6P/c1-6-8-10-12-14-16-18-20-21-22-23-24-25-26-27-28-29-30-31-32-33-35-37-39-41-43-45-47-53(57)54-51(50-61-62(58,59)60-49-48-55(3,4)5)52(56)46-44-42-40-38-36-34-19-17-15-13-11-9-7-2/h8,10,14-17,20-21,23-24,26-27,29-30,32-33,36-39,44,46,51-52,56H,6-7,9,11-13,18-19,22,25,28,31,34-35,40-43,45,47-50H2,1-5H3,(H-,54,57,58,59)/p+1/b10-8-,16-14-,17-15+,21-20-,24-23-,27-26-,30-29-,33-32-,38-36+,39-37-,46-44+. The van der Waals surface area contributed by atoms with Gasteiger partial charge in [0.05, 0.1) is 39.9 Å². The van der Waals surface area contributed by atoms with Gasteiger partial charge in [0.25, 0.3) is 0 Å². The molecule has 3 unspecified atom stereocenters. The summed E-state index contributed by atoms with van der Waals surface area (Å²) in [5.41, 5.74) is 0. The van der Waals surface area contributed by atoms with Crippen LogP contribution >= 0.6 is 7.82 Å². The molecule has 0 bridgehead atoms. The molecule has 62 heavy (non-hydrogen) atoms. The number of phosphoric ester groups is 1. The maximum Gasteiger partial charge on any atom is 0.472 e. The molecule has 0 radical (unpaired) electrons. The van der Waals surface area contributed by atoms with Crippen LogP contribution in [0.5, 0.6) is 0 Å². The van der Waals surface area contributed by atoms with Crippen LogP contribution in [0.3, 0.4) is 0 Å². The highest BCUT2D eigenvalue weighted by molar-refractivity contribution is 7.47. The number of carbonyl (C=O) groups excluding carboxylic acids is 1. The van der Waals surface area contributed by atoms with Gasteiger partial charge in [-0.3, -0.25) is 13.8 Å². The number of aliphatic hydroxyl groups is 1. The number of phosphoric acid groups is 1. The molecule has 350 valence electrons. The van der Waals surface area contributed by atoms with E-state index in [-0.39, 0.29) is 25.5 Å². The minimum Gasteiger partial charge on any atom is -0.387 e. The van der Waals surface area contributed by atoms with Crippen molar-refractivity contribution in [1.82, 2.24) is 5.32 Å². The predicted octanol–water partition coefficient (Wildman–Crippen LogP) is 13.6. The van der Waals surface area contributed by atoms with Gasteiger partial charge in [-0.25, -0.2) is 4.57 Å². The topological polar surface area (TPSA) is 105 Å². The van der Waals surface area contributed by atoms with Crippen molar-refractivity contribution in [2.45, 2.75) is 154 Å². The van der Waals surface area contributed by atoms with E-state index in [0.717, 1.165) is 96.3 Å². The van der Waals surface area contributed by atoms with Crippen LogP contribution in [0.25, 0.3) is 0 Å². The normalized spacial score (nSPS) is 15.4. The van der Waals surface area contributed by atoms with Crippen LogP contribution in [-0.4, -0.2) is 73.4 Å². The Labute approximate surface area is 379 Å². The molecule has 0 rings (SSSR count). The van der Waals surface area contributed by atoms with Crippen LogP contribution in [0.1, 0.15) is 142 Å². The molecule has 0 aliphatic heterocycles. The van der Waals surface area contributed by atoms with E-state index < -0.39 is 20.0 Å². The summed E-state index contributed by atoms with van der Waals surface area (Å²) in [4.78, 5) is 23.1. The van der Waals surface area contributed by atoms with Crippen molar-refractivity contribution in [3.8, 4) is 0 Å². The van der Waals surface area contributed by atoms with E-state index in [1.807, 2.05) is 27.2 Å². The van der Waals surface area contributed by atoms with Crippen molar-refractivity contribution >= 4 is 13.7 Å². The predicted molar refractivity (Wildman–Crippen MR) is 267 cm³/mol. The van der Waals surface area contributed by atoms with E-state index in [0.29, 0.717) is 17.4 Å². The van der Waals surface area contributed by atoms with Gasteiger partial charge in [-0.1, -0.05) is 160 Å². The first kappa shape index (κ1) is 58.6. The molecule has 0 aromatic carbocycles. The number of aliphatic hydroxyl groups excluding tert-OH is 1. The molecule has 0 spiro atoms. The lowest BCUT2D eigenvalue weighted by Crippen LogP contribution is -2.45. The van der Waals surface area contributed by atoms with Crippen LogP contribution in [-0.2, 0) is 18.4 Å². The third kappa shape index (κ3) is 44.7. The molecular weight excluding hydrogens is 792 g/mol. The SMILES string of the molecule is CC/C=C\C/C=C\C/C=C\C/C=C\C/C=C\C/C=C\C/C=C\C/C=C\CCCCC(=O)NC(COP(=O)(O)OCC[N+](C)(C)C)C(O)/C=C/CC/C=C/CC/C=C/CCCCC. The molecule has 3 N–H and O–H groups in total. The molecule has 0 heterocycles. The highest BCUT2D eigenvalue weighted by atomic mass is 31.2. The molecule has 0 fully saturated rings. The number of hydrogen-bond donors (Lipinski definition) is 3. The molecule has 0 saturated heterocycles. The largest absolute Gasteiger partial charge is 0.472 e. The lowest BCUT2D eigenvalue weighted by atomic mass is 10.1. The monoisotopic (exact) mass is 880 g/mol. The summed E-state index contributed by atoms with van der Waals surface area (Å²) < 4.78 is 23.5. The number of rotatable bonds is 40. The summed E-state index contributed by atoms with van der Waals surface area (Å²) >= 11 is 0. The van der Waals surface area contributed by atoms with E-state index in [9.17, 15) is 19.4 Å². The number of nitrogens with one attached hydrogen (secondary N) is 1. The molecule has 1 amide bonds. The summed E-state index contributed by atoms with van der Waals surface area (Å²) in [5, 5.41) is 13.8. The molecule has 0 aliphatic carbocycles. The van der Waals surface area contributed by atoms with Gasteiger partial charge in [0, 0.05) is 6.42 Å². The lowest BCUT2D eigenvalue weighted by Gasteiger charge is -2.25. The molecule has 0 aromatic heterocycles. The quantitative estimate of drug-likeness (QED) is 0.0245. The van der Waals surface area contributed by atoms with E-state index in [1.54, 1.807) is 6.08 Å². The molecule has 9 heteroatoms. The fraction of sp³-hybridized carbons (Fsp3) is 0.566.